The molecule has 5 nitrogen and oxygen atoms in total. The number of aliphatic carboxylic acids is 1. The molecule has 0 heterocycles. The quantitative estimate of drug-likeness (QED) is 0.538. The number of carboxylic acid groups (broad SMARTS) is 1. The highest BCUT2D eigenvalue weighted by atomic mass is 16.5. The number of aliphatic hydroxyl groups is 1. The van der Waals surface area contributed by atoms with Gasteiger partial charge in [0.2, 0.25) is 0 Å². The molecule has 0 aliphatic heterocycles. The van der Waals surface area contributed by atoms with Crippen LogP contribution in [0.5, 0.6) is 5.75 Å². The molecule has 0 aliphatic carbocycles. The van der Waals surface area contributed by atoms with Crippen molar-refractivity contribution < 1.29 is 19.7 Å². The van der Waals surface area contributed by atoms with Crippen LogP contribution in [-0.2, 0) is 24.4 Å². The lowest BCUT2D eigenvalue weighted by Crippen LogP contribution is -2.05. The Morgan fingerprint density at radius 3 is 2.48 bits per heavy atom. The number of carboxylic acids is 1. The molecule has 1 atom stereocenters. The molecule has 0 amide bonds. The average Bonchev–Trinajstić information content (AvgIpc) is 2.72. The summed E-state index contributed by atoms with van der Waals surface area (Å²) in [5, 5.41) is 19.2. The van der Waals surface area contributed by atoms with E-state index in [1.807, 2.05) is 48.5 Å². The van der Waals surface area contributed by atoms with Gasteiger partial charge in [0, 0.05) is 12.1 Å². The third-order valence-corrected chi connectivity index (χ3v) is 4.70. The smallest absolute Gasteiger partial charge is 0.307 e. The Bertz CT molecular complexity index is 998. The van der Waals surface area contributed by atoms with Crippen LogP contribution in [0.15, 0.2) is 66.7 Å². The maximum absolute atomic E-state index is 11.1. The van der Waals surface area contributed by atoms with Crippen molar-refractivity contribution in [1.29, 1.82) is 0 Å². The van der Waals surface area contributed by atoms with E-state index in [-0.39, 0.29) is 13.0 Å². The van der Waals surface area contributed by atoms with E-state index in [1.165, 1.54) is 0 Å². The lowest BCUT2D eigenvalue weighted by molar-refractivity contribution is -0.136. The predicted molar refractivity (Wildman–Crippen MR) is 113 cm³/mol. The monoisotopic (exact) mass is 391 g/mol. The van der Waals surface area contributed by atoms with Gasteiger partial charge < -0.3 is 20.7 Å². The first kappa shape index (κ1) is 20.6. The van der Waals surface area contributed by atoms with Crippen molar-refractivity contribution in [1.82, 2.24) is 0 Å². The first-order valence-electron chi connectivity index (χ1n) is 9.50. The van der Waals surface area contributed by atoms with Crippen molar-refractivity contribution >= 4 is 5.97 Å². The minimum atomic E-state index is -0.903. The zero-order valence-electron chi connectivity index (χ0n) is 16.3. The minimum Gasteiger partial charge on any atom is -0.489 e. The van der Waals surface area contributed by atoms with Crippen molar-refractivity contribution in [2.45, 2.75) is 32.6 Å². The Morgan fingerprint density at radius 2 is 1.76 bits per heavy atom. The number of carbonyl (C=O) groups is 1. The second kappa shape index (κ2) is 9.37. The topological polar surface area (TPSA) is 92.8 Å². The van der Waals surface area contributed by atoms with Crippen molar-refractivity contribution in [2.75, 3.05) is 0 Å². The van der Waals surface area contributed by atoms with E-state index in [9.17, 15) is 9.90 Å². The van der Waals surface area contributed by atoms with Crippen LogP contribution in [0, 0.1) is 0 Å². The van der Waals surface area contributed by atoms with Gasteiger partial charge in [-0.2, -0.15) is 0 Å². The molecule has 0 radical (unpaired) electrons. The molecule has 150 valence electrons. The molecule has 0 aliphatic rings. The highest BCUT2D eigenvalue weighted by Crippen LogP contribution is 2.27. The van der Waals surface area contributed by atoms with E-state index in [0.717, 1.165) is 27.8 Å². The van der Waals surface area contributed by atoms with Crippen LogP contribution in [0.2, 0.25) is 0 Å². The third kappa shape index (κ3) is 5.44. The number of ether oxygens (including phenoxy) is 1. The summed E-state index contributed by atoms with van der Waals surface area (Å²) in [6, 6.07) is 21.0. The standard InChI is InChI=1S/C24H25NO4/c1-16(26)21-10-18(11-22(12-21)19-7-4-5-17(9-19)14-25)15-29-23-8-3-2-6-20(23)13-24(27)28/h2-12,16,26H,13-15,25H2,1H3,(H,27,28). The maximum atomic E-state index is 11.1. The van der Waals surface area contributed by atoms with Crippen LogP contribution >= 0.6 is 0 Å². The summed E-state index contributed by atoms with van der Waals surface area (Å²) in [5.74, 6) is -0.358. The van der Waals surface area contributed by atoms with E-state index < -0.39 is 12.1 Å². The van der Waals surface area contributed by atoms with Crippen LogP contribution in [-0.4, -0.2) is 16.2 Å². The first-order chi connectivity index (χ1) is 14.0. The normalized spacial score (nSPS) is 11.8. The fraction of sp³-hybridized carbons (Fsp3) is 0.208. The van der Waals surface area contributed by atoms with Crippen molar-refractivity contribution in [2.24, 2.45) is 5.73 Å². The second-order valence-corrected chi connectivity index (χ2v) is 7.01. The number of aliphatic hydroxyl groups excluding tert-OH is 1. The van der Waals surface area contributed by atoms with E-state index in [0.29, 0.717) is 17.9 Å². The van der Waals surface area contributed by atoms with Crippen molar-refractivity contribution in [3.63, 3.8) is 0 Å². The molecule has 0 bridgehead atoms. The minimum absolute atomic E-state index is 0.0962. The van der Waals surface area contributed by atoms with Gasteiger partial charge in [-0.15, -0.1) is 0 Å². The maximum Gasteiger partial charge on any atom is 0.307 e. The van der Waals surface area contributed by atoms with Crippen molar-refractivity contribution in [3.8, 4) is 16.9 Å². The molecular weight excluding hydrogens is 366 g/mol. The Kier molecular flexibility index (Phi) is 6.65. The second-order valence-electron chi connectivity index (χ2n) is 7.01. The summed E-state index contributed by atoms with van der Waals surface area (Å²) in [5.41, 5.74) is 11.1. The van der Waals surface area contributed by atoms with Crippen LogP contribution in [0.1, 0.15) is 35.3 Å². The van der Waals surface area contributed by atoms with E-state index in [1.54, 1.807) is 25.1 Å². The molecule has 1 unspecified atom stereocenters. The number of hydrogen-bond donors (Lipinski definition) is 3. The molecule has 0 fully saturated rings. The zero-order valence-corrected chi connectivity index (χ0v) is 16.3. The third-order valence-electron chi connectivity index (χ3n) is 4.70. The number of para-hydroxylation sites is 1. The fourth-order valence-electron chi connectivity index (χ4n) is 3.20. The Morgan fingerprint density at radius 1 is 1.00 bits per heavy atom. The highest BCUT2D eigenvalue weighted by Gasteiger charge is 2.11. The summed E-state index contributed by atoms with van der Waals surface area (Å²) in [4.78, 5) is 11.1. The fourth-order valence-corrected chi connectivity index (χ4v) is 3.20. The van der Waals surface area contributed by atoms with Gasteiger partial charge in [0.05, 0.1) is 12.5 Å². The van der Waals surface area contributed by atoms with Gasteiger partial charge in [-0.1, -0.05) is 36.4 Å². The Labute approximate surface area is 170 Å². The van der Waals surface area contributed by atoms with Crippen LogP contribution < -0.4 is 10.5 Å². The molecule has 3 aromatic carbocycles. The Hall–Kier alpha value is -3.15. The predicted octanol–water partition coefficient (Wildman–Crippen LogP) is 4.07. The van der Waals surface area contributed by atoms with Crippen LogP contribution in [0.3, 0.4) is 0 Å². The van der Waals surface area contributed by atoms with E-state index in [2.05, 4.69) is 0 Å². The SMILES string of the molecule is CC(O)c1cc(COc2ccccc2CC(=O)O)cc(-c2cccc(CN)c2)c1. The van der Waals surface area contributed by atoms with Crippen molar-refractivity contribution in [3.05, 3.63) is 89.0 Å². The number of hydrogen-bond acceptors (Lipinski definition) is 4. The lowest BCUT2D eigenvalue weighted by Gasteiger charge is -2.15. The Balaban J connectivity index is 1.90. The van der Waals surface area contributed by atoms with Crippen LogP contribution in [0.4, 0.5) is 0 Å². The van der Waals surface area contributed by atoms with Crippen LogP contribution in [0.25, 0.3) is 11.1 Å². The lowest BCUT2D eigenvalue weighted by atomic mass is 9.97. The molecule has 4 N–H and O–H groups in total. The van der Waals surface area contributed by atoms with Gasteiger partial charge in [-0.05, 0) is 65.1 Å². The summed E-state index contributed by atoms with van der Waals surface area (Å²) in [7, 11) is 0. The molecule has 3 rings (SSSR count). The highest BCUT2D eigenvalue weighted by molar-refractivity contribution is 5.71. The summed E-state index contributed by atoms with van der Waals surface area (Å²) in [6.45, 7) is 2.45. The zero-order chi connectivity index (χ0) is 20.8. The average molecular weight is 391 g/mol. The molecule has 0 saturated heterocycles. The van der Waals surface area contributed by atoms with E-state index in [4.69, 9.17) is 15.6 Å². The molecule has 0 spiro atoms. The largest absolute Gasteiger partial charge is 0.489 e. The summed E-state index contributed by atoms with van der Waals surface area (Å²) < 4.78 is 5.93. The molecule has 29 heavy (non-hydrogen) atoms. The van der Waals surface area contributed by atoms with Gasteiger partial charge in [0.25, 0.3) is 0 Å². The molecule has 0 aromatic heterocycles. The van der Waals surface area contributed by atoms with Gasteiger partial charge in [-0.25, -0.2) is 0 Å². The number of rotatable bonds is 8. The van der Waals surface area contributed by atoms with Gasteiger partial charge in [0.1, 0.15) is 12.4 Å². The number of benzene rings is 3. The van der Waals surface area contributed by atoms with Gasteiger partial charge in [-0.3, -0.25) is 4.79 Å². The van der Waals surface area contributed by atoms with Gasteiger partial charge in [0.15, 0.2) is 0 Å². The number of nitrogens with two attached hydrogens (primary N) is 1. The van der Waals surface area contributed by atoms with Gasteiger partial charge >= 0.3 is 5.97 Å². The molecule has 5 heteroatoms. The summed E-state index contributed by atoms with van der Waals surface area (Å²) >= 11 is 0. The molecule has 3 aromatic rings. The molecule has 0 saturated carbocycles. The first-order valence-corrected chi connectivity index (χ1v) is 9.50. The molecular formula is C24H25NO4. The van der Waals surface area contributed by atoms with E-state index >= 15 is 0 Å². The summed E-state index contributed by atoms with van der Waals surface area (Å²) in [6.07, 6.45) is -0.716.